The summed E-state index contributed by atoms with van der Waals surface area (Å²) >= 11 is 0. The van der Waals surface area contributed by atoms with Crippen LogP contribution in [0.4, 0.5) is 0 Å². The van der Waals surface area contributed by atoms with Gasteiger partial charge < -0.3 is 19.7 Å². The number of nitrogens with zero attached hydrogens (tertiary/aromatic N) is 3. The van der Waals surface area contributed by atoms with Gasteiger partial charge in [-0.2, -0.15) is 0 Å². The number of carbonyl (C=O) groups is 1. The molecule has 1 fully saturated rings. The Bertz CT molecular complexity index is 375. The fourth-order valence-electron chi connectivity index (χ4n) is 1.86. The number of hydrogen-bond donors (Lipinski definition) is 2. The number of carbonyl (C=O) groups excluding carboxylic acids is 1. The van der Waals surface area contributed by atoms with Crippen molar-refractivity contribution in [1.82, 2.24) is 0 Å². The van der Waals surface area contributed by atoms with E-state index in [1.165, 1.54) is 0 Å². The van der Waals surface area contributed by atoms with Gasteiger partial charge in [0.15, 0.2) is 0 Å². The first-order chi connectivity index (χ1) is 8.74. The summed E-state index contributed by atoms with van der Waals surface area (Å²) in [4.78, 5) is 14.0. The molecule has 19 heavy (non-hydrogen) atoms. The van der Waals surface area contributed by atoms with Crippen LogP contribution in [0.1, 0.15) is 27.2 Å². The van der Waals surface area contributed by atoms with Crippen molar-refractivity contribution in [2.24, 2.45) is 5.11 Å². The minimum Gasteiger partial charge on any atom is -0.458 e. The lowest BCUT2D eigenvalue weighted by Crippen LogP contribution is -2.35. The second-order valence-electron chi connectivity index (χ2n) is 5.43. The van der Waals surface area contributed by atoms with Crippen LogP contribution in [0.5, 0.6) is 0 Å². The summed E-state index contributed by atoms with van der Waals surface area (Å²) in [6, 6.07) is -0.747. The van der Waals surface area contributed by atoms with Crippen LogP contribution in [0.25, 0.3) is 10.4 Å². The molecule has 1 aliphatic rings. The van der Waals surface area contributed by atoms with Crippen molar-refractivity contribution in [1.29, 1.82) is 0 Å². The molecule has 0 aliphatic heterocycles. The second-order valence-corrected chi connectivity index (χ2v) is 5.43. The highest BCUT2D eigenvalue weighted by Gasteiger charge is 2.42. The van der Waals surface area contributed by atoms with Crippen LogP contribution < -0.4 is 0 Å². The molecule has 0 spiro atoms. The van der Waals surface area contributed by atoms with Gasteiger partial charge in [-0.05, 0) is 32.7 Å². The predicted octanol–water partition coefficient (Wildman–Crippen LogP) is 0.518. The molecule has 0 amide bonds. The zero-order valence-corrected chi connectivity index (χ0v) is 11.2. The van der Waals surface area contributed by atoms with Crippen molar-refractivity contribution in [3.05, 3.63) is 10.4 Å². The van der Waals surface area contributed by atoms with Crippen LogP contribution in [0, 0.1) is 0 Å². The molecule has 1 aliphatic carbocycles. The molecule has 8 heteroatoms. The molecular weight excluding hydrogens is 254 g/mol. The maximum Gasteiger partial charge on any atom is 0.332 e. The fraction of sp³-hybridized carbons (Fsp3) is 0.909. The molecule has 0 aromatic heterocycles. The SMILES string of the molecule is CC(C)(C)OC(=O)CO[C@H]1C[C@@H](N=[N+]=[N-])[C@H](O)[C@@H]1O. The molecule has 108 valence electrons. The summed E-state index contributed by atoms with van der Waals surface area (Å²) in [7, 11) is 0. The van der Waals surface area contributed by atoms with E-state index in [0.717, 1.165) is 0 Å². The average molecular weight is 273 g/mol. The Hall–Kier alpha value is -1.34. The minimum absolute atomic E-state index is 0.162. The van der Waals surface area contributed by atoms with Gasteiger partial charge in [0.05, 0.1) is 18.2 Å². The van der Waals surface area contributed by atoms with E-state index in [0.29, 0.717) is 0 Å². The molecule has 8 nitrogen and oxygen atoms in total. The van der Waals surface area contributed by atoms with E-state index in [1.807, 2.05) is 0 Å². The zero-order chi connectivity index (χ0) is 14.6. The fourth-order valence-corrected chi connectivity index (χ4v) is 1.86. The summed E-state index contributed by atoms with van der Waals surface area (Å²) < 4.78 is 10.2. The number of azide groups is 1. The number of rotatable bonds is 4. The Morgan fingerprint density at radius 3 is 2.58 bits per heavy atom. The number of hydrogen-bond acceptors (Lipinski definition) is 6. The minimum atomic E-state index is -1.18. The third-order valence-corrected chi connectivity index (χ3v) is 2.63. The van der Waals surface area contributed by atoms with Gasteiger partial charge >= 0.3 is 5.97 Å². The molecule has 0 unspecified atom stereocenters. The van der Waals surface area contributed by atoms with E-state index in [-0.39, 0.29) is 13.0 Å². The second kappa shape index (κ2) is 6.21. The summed E-state index contributed by atoms with van der Waals surface area (Å²) in [5, 5.41) is 22.7. The zero-order valence-electron chi connectivity index (χ0n) is 11.2. The quantitative estimate of drug-likeness (QED) is 0.334. The molecule has 1 saturated carbocycles. The van der Waals surface area contributed by atoms with Crippen LogP contribution in [0.3, 0.4) is 0 Å². The van der Waals surface area contributed by atoms with Gasteiger partial charge in [0.2, 0.25) is 0 Å². The standard InChI is InChI=1S/C11H19N3O5/c1-11(2,3)19-8(15)5-18-7-4-6(13-14-12)9(16)10(7)17/h6-7,9-10,16-17H,4-5H2,1-3H3/t6-,7+,9+,10-/m1/s1. The highest BCUT2D eigenvalue weighted by atomic mass is 16.6. The number of aliphatic hydroxyl groups excluding tert-OH is 2. The van der Waals surface area contributed by atoms with Crippen LogP contribution in [-0.2, 0) is 14.3 Å². The number of aliphatic hydroxyl groups is 2. The molecule has 0 aromatic rings. The van der Waals surface area contributed by atoms with Crippen molar-refractivity contribution < 1.29 is 24.5 Å². The van der Waals surface area contributed by atoms with Crippen LogP contribution in [0.2, 0.25) is 0 Å². The summed E-state index contributed by atoms with van der Waals surface area (Å²) in [6.07, 6.45) is -2.95. The molecule has 0 aromatic carbocycles. The van der Waals surface area contributed by atoms with Gasteiger partial charge in [0.1, 0.15) is 18.3 Å². The molecule has 0 saturated heterocycles. The van der Waals surface area contributed by atoms with Gasteiger partial charge in [-0.15, -0.1) is 0 Å². The molecule has 0 heterocycles. The first-order valence-corrected chi connectivity index (χ1v) is 5.98. The largest absolute Gasteiger partial charge is 0.458 e. The van der Waals surface area contributed by atoms with Crippen molar-refractivity contribution in [2.45, 2.75) is 57.1 Å². The summed E-state index contributed by atoms with van der Waals surface area (Å²) in [6.45, 7) is 4.87. The Balaban J connectivity index is 2.46. The number of ether oxygens (including phenoxy) is 2. The van der Waals surface area contributed by atoms with E-state index in [2.05, 4.69) is 10.0 Å². The first kappa shape index (κ1) is 15.7. The topological polar surface area (TPSA) is 125 Å². The maximum absolute atomic E-state index is 11.4. The first-order valence-electron chi connectivity index (χ1n) is 5.98. The van der Waals surface area contributed by atoms with E-state index in [4.69, 9.17) is 15.0 Å². The molecule has 2 N–H and O–H groups in total. The third-order valence-electron chi connectivity index (χ3n) is 2.63. The molecule has 0 bridgehead atoms. The lowest BCUT2D eigenvalue weighted by atomic mass is 10.2. The van der Waals surface area contributed by atoms with E-state index in [1.54, 1.807) is 20.8 Å². The lowest BCUT2D eigenvalue weighted by molar-refractivity contribution is -0.164. The Kier molecular flexibility index (Phi) is 5.13. The van der Waals surface area contributed by atoms with Crippen molar-refractivity contribution in [2.75, 3.05) is 6.61 Å². The summed E-state index contributed by atoms with van der Waals surface area (Å²) in [5.41, 5.74) is 7.70. The van der Waals surface area contributed by atoms with Crippen LogP contribution >= 0.6 is 0 Å². The van der Waals surface area contributed by atoms with E-state index >= 15 is 0 Å². The normalized spacial score (nSPS) is 30.8. The van der Waals surface area contributed by atoms with Crippen LogP contribution in [0.15, 0.2) is 5.11 Å². The average Bonchev–Trinajstić information content (AvgIpc) is 2.53. The molecule has 4 atom stereocenters. The van der Waals surface area contributed by atoms with Crippen molar-refractivity contribution in [3.8, 4) is 0 Å². The van der Waals surface area contributed by atoms with Gasteiger partial charge in [0, 0.05) is 4.91 Å². The Morgan fingerprint density at radius 1 is 1.42 bits per heavy atom. The van der Waals surface area contributed by atoms with E-state index < -0.39 is 35.9 Å². The molecular formula is C11H19N3O5. The van der Waals surface area contributed by atoms with Gasteiger partial charge in [-0.3, -0.25) is 0 Å². The lowest BCUT2D eigenvalue weighted by Gasteiger charge is -2.21. The third kappa shape index (κ3) is 4.68. The molecule has 1 rings (SSSR count). The maximum atomic E-state index is 11.4. The van der Waals surface area contributed by atoms with Crippen LogP contribution in [-0.4, -0.2) is 52.7 Å². The van der Waals surface area contributed by atoms with Gasteiger partial charge in [0.25, 0.3) is 0 Å². The Morgan fingerprint density at radius 2 is 2.05 bits per heavy atom. The highest BCUT2D eigenvalue weighted by Crippen LogP contribution is 2.26. The molecule has 0 radical (unpaired) electrons. The van der Waals surface area contributed by atoms with Gasteiger partial charge in [-0.25, -0.2) is 4.79 Å². The van der Waals surface area contributed by atoms with Crippen molar-refractivity contribution >= 4 is 5.97 Å². The van der Waals surface area contributed by atoms with Crippen molar-refractivity contribution in [3.63, 3.8) is 0 Å². The smallest absolute Gasteiger partial charge is 0.332 e. The van der Waals surface area contributed by atoms with E-state index in [9.17, 15) is 15.0 Å². The van der Waals surface area contributed by atoms with Gasteiger partial charge in [-0.1, -0.05) is 5.11 Å². The Labute approximate surface area is 110 Å². The number of esters is 1. The summed E-state index contributed by atoms with van der Waals surface area (Å²) in [5.74, 6) is -0.554. The predicted molar refractivity (Wildman–Crippen MR) is 65.1 cm³/mol. The highest BCUT2D eigenvalue weighted by molar-refractivity contribution is 5.71. The monoisotopic (exact) mass is 273 g/mol.